The quantitative estimate of drug-likeness (QED) is 0.0446. The van der Waals surface area contributed by atoms with Crippen molar-refractivity contribution in [3.63, 3.8) is 0 Å². The lowest BCUT2D eigenvalue weighted by molar-refractivity contribution is 0.0592. The first-order chi connectivity index (χ1) is 28.0. The van der Waals surface area contributed by atoms with Crippen LogP contribution in [0.3, 0.4) is 0 Å². The largest absolute Gasteiger partial charge is 0.488 e. The van der Waals surface area contributed by atoms with Crippen molar-refractivity contribution >= 4 is 147 Å². The first-order valence-corrected chi connectivity index (χ1v) is 21.6. The number of rotatable bonds is 7. The number of hydrogen-bond donors (Lipinski definition) is 5. The highest BCUT2D eigenvalue weighted by molar-refractivity contribution is 14.1. The number of amides is 1. The second-order valence-electron chi connectivity index (χ2n) is 11.7. The number of anilines is 2. The van der Waals surface area contributed by atoms with Gasteiger partial charge in [0, 0.05) is 36.6 Å². The number of benzene rings is 6. The molecule has 0 aromatic heterocycles. The van der Waals surface area contributed by atoms with E-state index in [9.17, 15) is 19.2 Å². The molecule has 6 aromatic rings. The zero-order valence-electron chi connectivity index (χ0n) is 31.0. The normalized spacial score (nSPS) is 9.85. The summed E-state index contributed by atoms with van der Waals surface area (Å²) in [5.41, 5.74) is 10.9. The molecule has 0 saturated heterocycles. The lowest BCUT2D eigenvalue weighted by Gasteiger charge is -2.09. The summed E-state index contributed by atoms with van der Waals surface area (Å²) >= 11 is 13.4. The highest BCUT2D eigenvalue weighted by Crippen LogP contribution is 2.30. The van der Waals surface area contributed by atoms with E-state index in [1.54, 1.807) is 42.5 Å². The molecule has 0 fully saturated rings. The molecule has 0 atom stereocenters. The maximum Gasteiger partial charge on any atom is 0.488 e. The number of nitrogens with one attached hydrogen (secondary N) is 1. The van der Waals surface area contributed by atoms with Crippen LogP contribution in [0.1, 0.15) is 41.4 Å². The van der Waals surface area contributed by atoms with Gasteiger partial charge in [-0.3, -0.25) is 4.79 Å². The number of esters is 2. The third-order valence-electron chi connectivity index (χ3n) is 7.62. The monoisotopic (exact) mass is 1260 g/mol. The second kappa shape index (κ2) is 25.0. The smallest absolute Gasteiger partial charge is 0.478 e. The van der Waals surface area contributed by atoms with Crippen LogP contribution in [0.25, 0.3) is 11.1 Å². The van der Waals surface area contributed by atoms with Crippen LogP contribution in [0, 0.1) is 10.7 Å². The van der Waals surface area contributed by atoms with Gasteiger partial charge in [0.25, 0.3) is 5.91 Å². The minimum absolute atomic E-state index is 0.176. The van der Waals surface area contributed by atoms with Crippen LogP contribution < -0.4 is 16.5 Å². The number of aromatic carboxylic acids is 1. The van der Waals surface area contributed by atoms with E-state index in [-0.39, 0.29) is 11.9 Å². The third-order valence-corrected chi connectivity index (χ3v) is 12.0. The topological polar surface area (TPSA) is 185 Å². The summed E-state index contributed by atoms with van der Waals surface area (Å²) in [6, 6.07) is 38.7. The summed E-state index contributed by atoms with van der Waals surface area (Å²) < 4.78 is 14.1. The van der Waals surface area contributed by atoms with Gasteiger partial charge in [0.2, 0.25) is 0 Å². The zero-order valence-corrected chi connectivity index (χ0v) is 40.7. The van der Waals surface area contributed by atoms with Gasteiger partial charge in [0.1, 0.15) is 0 Å². The molecular formula is C42H34BBr2I3N2O9. The molecule has 0 aliphatic rings. The van der Waals surface area contributed by atoms with Crippen LogP contribution in [0.2, 0.25) is 0 Å². The molecule has 0 aliphatic carbocycles. The summed E-state index contributed by atoms with van der Waals surface area (Å²) in [5.74, 6) is -1.89. The second-order valence-corrected chi connectivity index (χ2v) is 17.1. The number of ether oxygens (including phenoxy) is 2. The van der Waals surface area contributed by atoms with Gasteiger partial charge in [-0.05, 0) is 203 Å². The Bertz CT molecular complexity index is 2330. The minimum Gasteiger partial charge on any atom is -0.478 e. The van der Waals surface area contributed by atoms with Crippen molar-refractivity contribution in [1.82, 2.24) is 0 Å². The first kappa shape index (κ1) is 49.5. The first-order valence-electron chi connectivity index (χ1n) is 16.8. The number of hydrogen-bond acceptors (Lipinski definition) is 9. The molecule has 0 spiro atoms. The lowest BCUT2D eigenvalue weighted by atomic mass is 9.80. The van der Waals surface area contributed by atoms with E-state index in [1.165, 1.54) is 42.1 Å². The van der Waals surface area contributed by atoms with E-state index in [0.717, 1.165) is 38.6 Å². The lowest BCUT2D eigenvalue weighted by Crippen LogP contribution is -2.29. The molecule has 0 heterocycles. The fourth-order valence-corrected chi connectivity index (χ4v) is 6.57. The predicted octanol–water partition coefficient (Wildman–Crippen LogP) is 9.54. The summed E-state index contributed by atoms with van der Waals surface area (Å²) in [5, 5.41) is 29.0. The molecule has 59 heavy (non-hydrogen) atoms. The standard InChI is InChI=1S/C21H15BrINO3.C8H9BO4.C7H4BrIO2.C6H6IN/c1-27-21(26)14-4-2-13(3-5-14)18-11-6-15(12-19(18)22)20(25)24-17-9-7-16(23)8-10-17;1-13-8(10)6-2-4-7(5-3-6)9(11)12;8-5-3-4(7(10)11)1-2-6(5)9;7-5-1-3-6(8)4-2-5/h2-12H,1H3,(H,24,25);2-5,11-12H,1H3;1-3H,(H,10,11);1-4H,8H2. The fourth-order valence-electron chi connectivity index (χ4n) is 4.53. The molecule has 17 heteroatoms. The molecule has 6 aromatic carbocycles. The number of carboxylic acid groups (broad SMARTS) is 1. The summed E-state index contributed by atoms with van der Waals surface area (Å²) in [7, 11) is 1.14. The average Bonchev–Trinajstić information content (AvgIpc) is 3.23. The molecule has 0 radical (unpaired) electrons. The summed E-state index contributed by atoms with van der Waals surface area (Å²) in [4.78, 5) is 45.4. The van der Waals surface area contributed by atoms with E-state index in [2.05, 4.69) is 110 Å². The van der Waals surface area contributed by atoms with Crippen LogP contribution in [0.5, 0.6) is 0 Å². The molecule has 304 valence electrons. The van der Waals surface area contributed by atoms with Crippen LogP contribution in [-0.2, 0) is 9.47 Å². The van der Waals surface area contributed by atoms with Crippen LogP contribution >= 0.6 is 99.6 Å². The molecule has 1 amide bonds. The number of carbonyl (C=O) groups excluding carboxylic acids is 3. The number of halogens is 5. The van der Waals surface area contributed by atoms with Crippen molar-refractivity contribution in [2.45, 2.75) is 0 Å². The van der Waals surface area contributed by atoms with Gasteiger partial charge in [-0.2, -0.15) is 0 Å². The Morgan fingerprint density at radius 1 is 0.610 bits per heavy atom. The van der Waals surface area contributed by atoms with E-state index in [1.807, 2.05) is 66.7 Å². The SMILES string of the molecule is COC(=O)c1ccc(-c2ccc(C(=O)Nc3ccc(I)cc3)cc2Br)cc1.COC(=O)c1ccc(B(O)O)cc1.Nc1ccc(I)cc1.O=C(O)c1ccc(I)c(Br)c1. The van der Waals surface area contributed by atoms with Gasteiger partial charge in [-0.1, -0.05) is 46.3 Å². The molecule has 6 rings (SSSR count). The van der Waals surface area contributed by atoms with Gasteiger partial charge in [0.05, 0.1) is 30.9 Å². The maximum atomic E-state index is 12.5. The molecule has 0 unspecified atom stereocenters. The van der Waals surface area contributed by atoms with Crippen molar-refractivity contribution in [3.05, 3.63) is 175 Å². The van der Waals surface area contributed by atoms with Gasteiger partial charge in [-0.15, -0.1) is 0 Å². The Kier molecular flexibility index (Phi) is 21.0. The van der Waals surface area contributed by atoms with E-state index in [0.29, 0.717) is 27.7 Å². The maximum absolute atomic E-state index is 12.5. The van der Waals surface area contributed by atoms with E-state index < -0.39 is 19.1 Å². The van der Waals surface area contributed by atoms with Gasteiger partial charge in [0.15, 0.2) is 0 Å². The van der Waals surface area contributed by atoms with Crippen molar-refractivity contribution in [2.75, 3.05) is 25.3 Å². The summed E-state index contributed by atoms with van der Waals surface area (Å²) in [6.07, 6.45) is 0. The zero-order chi connectivity index (χ0) is 43.6. The summed E-state index contributed by atoms with van der Waals surface area (Å²) in [6.45, 7) is 0. The van der Waals surface area contributed by atoms with Crippen LogP contribution in [0.4, 0.5) is 11.4 Å². The van der Waals surface area contributed by atoms with E-state index in [4.69, 9.17) is 25.6 Å². The highest BCUT2D eigenvalue weighted by atomic mass is 127. The van der Waals surface area contributed by atoms with Crippen molar-refractivity contribution in [3.8, 4) is 11.1 Å². The van der Waals surface area contributed by atoms with Gasteiger partial charge < -0.3 is 35.7 Å². The number of methoxy groups -OCH3 is 2. The molecule has 0 aliphatic heterocycles. The van der Waals surface area contributed by atoms with Crippen molar-refractivity contribution in [2.24, 2.45) is 0 Å². The molecule has 11 nitrogen and oxygen atoms in total. The predicted molar refractivity (Wildman–Crippen MR) is 263 cm³/mol. The number of carbonyl (C=O) groups is 4. The third kappa shape index (κ3) is 16.6. The number of carboxylic acids is 1. The number of nitrogens with two attached hydrogens (primary N) is 1. The van der Waals surface area contributed by atoms with Crippen LogP contribution in [-0.4, -0.2) is 60.3 Å². The van der Waals surface area contributed by atoms with Crippen molar-refractivity contribution in [1.29, 1.82) is 0 Å². The van der Waals surface area contributed by atoms with Gasteiger partial charge >= 0.3 is 25.0 Å². The van der Waals surface area contributed by atoms with E-state index >= 15 is 0 Å². The van der Waals surface area contributed by atoms with Crippen molar-refractivity contribution < 1.29 is 43.8 Å². The Labute approximate surface area is 398 Å². The van der Waals surface area contributed by atoms with Crippen LogP contribution in [0.15, 0.2) is 142 Å². The average molecular weight is 1260 g/mol. The number of nitrogen functional groups attached to an aromatic ring is 1. The fraction of sp³-hybridized carbons (Fsp3) is 0.0476. The van der Waals surface area contributed by atoms with Gasteiger partial charge in [-0.25, -0.2) is 14.4 Å². The highest BCUT2D eigenvalue weighted by Gasteiger charge is 2.13. The Balaban J connectivity index is 0.000000240. The Morgan fingerprint density at radius 3 is 1.51 bits per heavy atom. The molecule has 6 N–H and O–H groups in total. The Hall–Kier alpha value is -3.87. The molecular weight excluding hydrogens is 1230 g/mol. The molecule has 0 bridgehead atoms. The molecule has 0 saturated carbocycles. The Morgan fingerprint density at radius 2 is 1.07 bits per heavy atom. The minimum atomic E-state index is -1.51.